The lowest BCUT2D eigenvalue weighted by Crippen LogP contribution is -2.33. The van der Waals surface area contributed by atoms with Crippen molar-refractivity contribution in [2.24, 2.45) is 0 Å². The van der Waals surface area contributed by atoms with Crippen LogP contribution in [-0.4, -0.2) is 17.9 Å². The van der Waals surface area contributed by atoms with Gasteiger partial charge in [0.15, 0.2) is 0 Å². The van der Waals surface area contributed by atoms with E-state index in [2.05, 4.69) is 18.8 Å². The number of aliphatic hydroxyl groups is 1. The van der Waals surface area contributed by atoms with E-state index in [1.165, 1.54) is 0 Å². The molecule has 0 radical (unpaired) electrons. The second kappa shape index (κ2) is 7.03. The lowest BCUT2D eigenvalue weighted by molar-refractivity contribution is 0.106. The highest BCUT2D eigenvalue weighted by Gasteiger charge is 2.36. The van der Waals surface area contributed by atoms with Gasteiger partial charge in [-0.05, 0) is 29.1 Å². The largest absolute Gasteiger partial charge is 0.380 e. The fourth-order valence-corrected chi connectivity index (χ4v) is 6.20. The molecule has 0 aliphatic heterocycles. The Balaban J connectivity index is 2.08. The first-order chi connectivity index (χ1) is 11.5. The van der Waals surface area contributed by atoms with Crippen molar-refractivity contribution in [3.8, 4) is 0 Å². The molecule has 0 bridgehead atoms. The third kappa shape index (κ3) is 3.52. The van der Waals surface area contributed by atoms with Gasteiger partial charge in [-0.25, -0.2) is 0 Å². The summed E-state index contributed by atoms with van der Waals surface area (Å²) in [5.74, 6) is 0. The SMILES string of the molecule is CP(=S)(CC(O)(c1ccccc1)c1ccccc1)c1ccccc1. The van der Waals surface area contributed by atoms with Gasteiger partial charge in [0, 0.05) is 6.16 Å². The minimum absolute atomic E-state index is 0.535. The molecule has 3 rings (SSSR count). The van der Waals surface area contributed by atoms with Crippen LogP contribution in [0, 0.1) is 0 Å². The molecule has 122 valence electrons. The van der Waals surface area contributed by atoms with Gasteiger partial charge in [-0.3, -0.25) is 0 Å². The average Bonchev–Trinajstić information content (AvgIpc) is 2.63. The van der Waals surface area contributed by atoms with Crippen LogP contribution in [0.2, 0.25) is 0 Å². The summed E-state index contributed by atoms with van der Waals surface area (Å²) in [4.78, 5) is 0. The zero-order valence-corrected chi connectivity index (χ0v) is 15.4. The van der Waals surface area contributed by atoms with Crippen LogP contribution in [-0.2, 0) is 17.4 Å². The second-order valence-corrected chi connectivity index (χ2v) is 11.6. The van der Waals surface area contributed by atoms with E-state index in [0.29, 0.717) is 6.16 Å². The van der Waals surface area contributed by atoms with E-state index in [-0.39, 0.29) is 0 Å². The summed E-state index contributed by atoms with van der Waals surface area (Å²) < 4.78 is 0. The van der Waals surface area contributed by atoms with Gasteiger partial charge in [0.2, 0.25) is 0 Å². The highest BCUT2D eigenvalue weighted by atomic mass is 32.4. The molecule has 0 heterocycles. The van der Waals surface area contributed by atoms with Crippen LogP contribution >= 0.6 is 6.04 Å². The van der Waals surface area contributed by atoms with Crippen LogP contribution in [0.25, 0.3) is 0 Å². The Labute approximate surface area is 149 Å². The Morgan fingerprint density at radius 2 is 1.12 bits per heavy atom. The molecule has 1 nitrogen and oxygen atoms in total. The minimum atomic E-state index is -1.91. The maximum Gasteiger partial charge on any atom is 0.119 e. The van der Waals surface area contributed by atoms with E-state index in [4.69, 9.17) is 11.8 Å². The van der Waals surface area contributed by atoms with Gasteiger partial charge in [-0.2, -0.15) is 0 Å². The molecular formula is C21H21OPS. The first-order valence-corrected chi connectivity index (χ1v) is 11.4. The normalized spacial score (nSPS) is 14.1. The lowest BCUT2D eigenvalue weighted by Gasteiger charge is -2.34. The predicted octanol–water partition coefficient (Wildman–Crippen LogP) is 4.36. The molecule has 0 aromatic heterocycles. The van der Waals surface area contributed by atoms with Gasteiger partial charge in [-0.15, -0.1) is 0 Å². The predicted molar refractivity (Wildman–Crippen MR) is 107 cm³/mol. The number of rotatable bonds is 5. The standard InChI is InChI=1S/C21H21OPS/c1-23(24,20-15-9-4-10-16-20)17-21(22,18-11-5-2-6-12-18)19-13-7-3-8-14-19/h2-16,22H,17H2,1H3. The van der Waals surface area contributed by atoms with E-state index in [0.717, 1.165) is 16.4 Å². The van der Waals surface area contributed by atoms with Gasteiger partial charge in [0.1, 0.15) is 5.60 Å². The maximum atomic E-state index is 11.7. The summed E-state index contributed by atoms with van der Waals surface area (Å²) in [6.45, 7) is 2.12. The Morgan fingerprint density at radius 3 is 1.54 bits per heavy atom. The second-order valence-electron chi connectivity index (χ2n) is 6.19. The van der Waals surface area contributed by atoms with Gasteiger partial charge >= 0.3 is 0 Å². The molecule has 3 heteroatoms. The number of benzene rings is 3. The third-order valence-electron chi connectivity index (χ3n) is 4.34. The topological polar surface area (TPSA) is 20.2 Å². The van der Waals surface area contributed by atoms with E-state index < -0.39 is 11.6 Å². The molecule has 0 spiro atoms. The molecule has 1 N–H and O–H groups in total. The molecule has 0 amide bonds. The van der Waals surface area contributed by atoms with Crippen molar-refractivity contribution in [3.05, 3.63) is 102 Å². The highest BCUT2D eigenvalue weighted by Crippen LogP contribution is 2.48. The minimum Gasteiger partial charge on any atom is -0.380 e. The molecule has 0 saturated heterocycles. The molecule has 0 aliphatic rings. The van der Waals surface area contributed by atoms with Crippen molar-refractivity contribution in [1.82, 2.24) is 0 Å². The summed E-state index contributed by atoms with van der Waals surface area (Å²) in [6, 6.07) is 28.0. The van der Waals surface area contributed by atoms with E-state index in [1.54, 1.807) is 0 Å². The van der Waals surface area contributed by atoms with Crippen molar-refractivity contribution < 1.29 is 5.11 Å². The third-order valence-corrected chi connectivity index (χ3v) is 7.81. The zero-order chi connectivity index (χ0) is 17.0. The summed E-state index contributed by atoms with van der Waals surface area (Å²) in [7, 11) is 0. The Hall–Kier alpha value is -1.73. The molecular weight excluding hydrogens is 331 g/mol. The Kier molecular flexibility index (Phi) is 5.01. The summed E-state index contributed by atoms with van der Waals surface area (Å²) in [6.07, 6.45) is 0.535. The Morgan fingerprint density at radius 1 is 0.750 bits per heavy atom. The van der Waals surface area contributed by atoms with Gasteiger partial charge < -0.3 is 5.11 Å². The van der Waals surface area contributed by atoms with Crippen LogP contribution in [0.15, 0.2) is 91.0 Å². The number of hydrogen-bond donors (Lipinski definition) is 1. The first kappa shape index (κ1) is 17.1. The quantitative estimate of drug-likeness (QED) is 0.689. The van der Waals surface area contributed by atoms with Crippen molar-refractivity contribution in [1.29, 1.82) is 0 Å². The fourth-order valence-electron chi connectivity index (χ4n) is 3.05. The highest BCUT2D eigenvalue weighted by molar-refractivity contribution is 8.18. The Bertz CT molecular complexity index is 792. The van der Waals surface area contributed by atoms with Crippen molar-refractivity contribution in [2.45, 2.75) is 5.60 Å². The van der Waals surface area contributed by atoms with Crippen LogP contribution in [0.5, 0.6) is 0 Å². The molecule has 0 aliphatic carbocycles. The molecule has 0 saturated carbocycles. The van der Waals surface area contributed by atoms with Crippen LogP contribution in [0.4, 0.5) is 0 Å². The van der Waals surface area contributed by atoms with Gasteiger partial charge in [0.05, 0.1) is 0 Å². The maximum absolute atomic E-state index is 11.7. The summed E-state index contributed by atoms with van der Waals surface area (Å²) >= 11 is 6.01. The number of hydrogen-bond acceptors (Lipinski definition) is 2. The lowest BCUT2D eigenvalue weighted by atomic mass is 9.88. The molecule has 3 aromatic rings. The average molecular weight is 352 g/mol. The summed E-state index contributed by atoms with van der Waals surface area (Å²) in [5.41, 5.74) is 0.703. The summed E-state index contributed by atoms with van der Waals surface area (Å²) in [5, 5.41) is 12.9. The van der Waals surface area contributed by atoms with Gasteiger partial charge in [0.25, 0.3) is 0 Å². The van der Waals surface area contributed by atoms with Crippen molar-refractivity contribution in [3.63, 3.8) is 0 Å². The molecule has 1 unspecified atom stereocenters. The zero-order valence-electron chi connectivity index (χ0n) is 13.7. The van der Waals surface area contributed by atoms with Crippen molar-refractivity contribution >= 4 is 23.1 Å². The van der Waals surface area contributed by atoms with Crippen LogP contribution in [0.1, 0.15) is 11.1 Å². The molecule has 3 aromatic carbocycles. The molecule has 1 atom stereocenters. The van der Waals surface area contributed by atoms with E-state index in [9.17, 15) is 5.11 Å². The molecule has 24 heavy (non-hydrogen) atoms. The fraction of sp³-hybridized carbons (Fsp3) is 0.143. The van der Waals surface area contributed by atoms with Crippen LogP contribution < -0.4 is 5.30 Å². The van der Waals surface area contributed by atoms with Gasteiger partial charge in [-0.1, -0.05) is 103 Å². The smallest absolute Gasteiger partial charge is 0.119 e. The van der Waals surface area contributed by atoms with E-state index >= 15 is 0 Å². The molecule has 0 fully saturated rings. The van der Waals surface area contributed by atoms with Crippen molar-refractivity contribution in [2.75, 3.05) is 12.8 Å². The van der Waals surface area contributed by atoms with E-state index in [1.807, 2.05) is 78.9 Å². The monoisotopic (exact) mass is 352 g/mol. The van der Waals surface area contributed by atoms with Crippen LogP contribution in [0.3, 0.4) is 0 Å². The first-order valence-electron chi connectivity index (χ1n) is 7.98.